The molecule has 0 aliphatic heterocycles. The van der Waals surface area contributed by atoms with Crippen LogP contribution in [-0.2, 0) is 0 Å². The van der Waals surface area contributed by atoms with Gasteiger partial charge in [-0.05, 0) is 61.4 Å². The van der Waals surface area contributed by atoms with Gasteiger partial charge < -0.3 is 5.11 Å². The van der Waals surface area contributed by atoms with Crippen molar-refractivity contribution in [1.29, 1.82) is 0 Å². The molecular formula is C16H23FO. The van der Waals surface area contributed by atoms with Crippen LogP contribution in [0.25, 0.3) is 0 Å². The molecule has 1 unspecified atom stereocenters. The first kappa shape index (κ1) is 13.5. The van der Waals surface area contributed by atoms with Gasteiger partial charge in [-0.15, -0.1) is 0 Å². The number of aryl methyl sites for hydroxylation is 2. The van der Waals surface area contributed by atoms with Gasteiger partial charge in [-0.2, -0.15) is 0 Å². The van der Waals surface area contributed by atoms with E-state index >= 15 is 0 Å². The van der Waals surface area contributed by atoms with Crippen LogP contribution in [-0.4, -0.2) is 5.11 Å². The van der Waals surface area contributed by atoms with Crippen molar-refractivity contribution in [2.24, 2.45) is 5.92 Å². The van der Waals surface area contributed by atoms with Gasteiger partial charge >= 0.3 is 0 Å². The molecule has 1 aliphatic rings. The summed E-state index contributed by atoms with van der Waals surface area (Å²) in [7, 11) is 0. The molecule has 0 spiro atoms. The predicted octanol–water partition coefficient (Wildman–Crippen LogP) is 4.45. The van der Waals surface area contributed by atoms with Gasteiger partial charge in [0.1, 0.15) is 5.82 Å². The van der Waals surface area contributed by atoms with Crippen LogP contribution in [0, 0.1) is 25.6 Å². The molecule has 1 fully saturated rings. The summed E-state index contributed by atoms with van der Waals surface area (Å²) in [6.45, 7) is 3.76. The molecule has 1 aromatic carbocycles. The first-order valence-electron chi connectivity index (χ1n) is 7.02. The molecular weight excluding hydrogens is 227 g/mol. The lowest BCUT2D eigenvalue weighted by molar-refractivity contribution is 0.155. The fourth-order valence-electron chi connectivity index (χ4n) is 3.28. The molecule has 0 heterocycles. The smallest absolute Gasteiger partial charge is 0.123 e. The summed E-state index contributed by atoms with van der Waals surface area (Å²) in [6.07, 6.45) is 6.77. The highest BCUT2D eigenvalue weighted by molar-refractivity contribution is 5.35. The minimum Gasteiger partial charge on any atom is -0.388 e. The van der Waals surface area contributed by atoms with Crippen molar-refractivity contribution >= 4 is 0 Å². The number of aliphatic hydroxyl groups is 1. The predicted molar refractivity (Wildman–Crippen MR) is 72.0 cm³/mol. The molecule has 1 nitrogen and oxygen atoms in total. The highest BCUT2D eigenvalue weighted by atomic mass is 19.1. The van der Waals surface area contributed by atoms with Crippen LogP contribution in [0.1, 0.15) is 61.3 Å². The molecule has 2 rings (SSSR count). The number of benzene rings is 1. The fraction of sp³-hybridized carbons (Fsp3) is 0.625. The molecule has 100 valence electrons. The molecule has 0 bridgehead atoms. The molecule has 0 aromatic heterocycles. The van der Waals surface area contributed by atoms with Gasteiger partial charge in [0.2, 0.25) is 0 Å². The van der Waals surface area contributed by atoms with Gasteiger partial charge in [0, 0.05) is 0 Å². The maximum absolute atomic E-state index is 13.2. The van der Waals surface area contributed by atoms with Crippen molar-refractivity contribution in [1.82, 2.24) is 0 Å². The highest BCUT2D eigenvalue weighted by Crippen LogP contribution is 2.33. The Bertz CT molecular complexity index is 385. The van der Waals surface area contributed by atoms with Gasteiger partial charge in [0.25, 0.3) is 0 Å². The molecule has 0 radical (unpaired) electrons. The lowest BCUT2D eigenvalue weighted by atomic mass is 9.92. The molecule has 1 atom stereocenters. The van der Waals surface area contributed by atoms with E-state index in [0.29, 0.717) is 0 Å². The lowest BCUT2D eigenvalue weighted by Gasteiger charge is -2.18. The molecule has 1 N–H and O–H groups in total. The summed E-state index contributed by atoms with van der Waals surface area (Å²) in [5, 5.41) is 10.3. The quantitative estimate of drug-likeness (QED) is 0.837. The lowest BCUT2D eigenvalue weighted by Crippen LogP contribution is -2.06. The first-order valence-corrected chi connectivity index (χ1v) is 7.02. The van der Waals surface area contributed by atoms with Crippen LogP contribution in [0.2, 0.25) is 0 Å². The summed E-state index contributed by atoms with van der Waals surface area (Å²) < 4.78 is 13.2. The summed E-state index contributed by atoms with van der Waals surface area (Å²) in [6, 6.07) is 3.03. The van der Waals surface area contributed by atoms with Gasteiger partial charge in [-0.25, -0.2) is 4.39 Å². The monoisotopic (exact) mass is 250 g/mol. The van der Waals surface area contributed by atoms with Crippen molar-refractivity contribution in [2.45, 2.75) is 58.5 Å². The summed E-state index contributed by atoms with van der Waals surface area (Å²) >= 11 is 0. The standard InChI is InChI=1S/C16H23FO/c1-11-9-14(17)10-12(2)16(11)15(18)8-7-13-5-3-4-6-13/h9-10,13,15,18H,3-8H2,1-2H3. The Balaban J connectivity index is 2.01. The Morgan fingerprint density at radius 3 is 2.33 bits per heavy atom. The topological polar surface area (TPSA) is 20.2 Å². The van der Waals surface area contributed by atoms with E-state index in [4.69, 9.17) is 0 Å². The molecule has 1 aliphatic carbocycles. The Hall–Kier alpha value is -0.890. The van der Waals surface area contributed by atoms with Crippen molar-refractivity contribution in [2.75, 3.05) is 0 Å². The average molecular weight is 250 g/mol. The highest BCUT2D eigenvalue weighted by Gasteiger charge is 2.19. The number of hydrogen-bond donors (Lipinski definition) is 1. The third-order valence-corrected chi connectivity index (χ3v) is 4.21. The molecule has 0 amide bonds. The molecule has 0 saturated heterocycles. The molecule has 2 heteroatoms. The van der Waals surface area contributed by atoms with Gasteiger partial charge in [-0.1, -0.05) is 25.7 Å². The third-order valence-electron chi connectivity index (χ3n) is 4.21. The number of rotatable bonds is 4. The Labute approximate surface area is 109 Å². The Morgan fingerprint density at radius 1 is 1.22 bits per heavy atom. The second-order valence-electron chi connectivity index (χ2n) is 5.70. The summed E-state index contributed by atoms with van der Waals surface area (Å²) in [5.41, 5.74) is 2.66. The van der Waals surface area contributed by atoms with E-state index < -0.39 is 6.10 Å². The van der Waals surface area contributed by atoms with Gasteiger partial charge in [0.15, 0.2) is 0 Å². The largest absolute Gasteiger partial charge is 0.388 e. The maximum atomic E-state index is 13.2. The van der Waals surface area contributed by atoms with Crippen LogP contribution >= 0.6 is 0 Å². The van der Waals surface area contributed by atoms with Crippen molar-refractivity contribution in [3.8, 4) is 0 Å². The summed E-state index contributed by atoms with van der Waals surface area (Å²) in [5.74, 6) is 0.581. The van der Waals surface area contributed by atoms with Crippen LogP contribution < -0.4 is 0 Å². The van der Waals surface area contributed by atoms with E-state index in [2.05, 4.69) is 0 Å². The zero-order chi connectivity index (χ0) is 13.1. The second-order valence-corrected chi connectivity index (χ2v) is 5.70. The van der Waals surface area contributed by atoms with Crippen molar-refractivity contribution in [3.05, 3.63) is 34.6 Å². The number of halogens is 1. The number of aliphatic hydroxyl groups excluding tert-OH is 1. The van der Waals surface area contributed by atoms with E-state index in [1.54, 1.807) is 0 Å². The Morgan fingerprint density at radius 2 is 1.78 bits per heavy atom. The van der Waals surface area contributed by atoms with Gasteiger partial charge in [0.05, 0.1) is 6.10 Å². The Kier molecular flexibility index (Phi) is 4.39. The van der Waals surface area contributed by atoms with Crippen LogP contribution in [0.3, 0.4) is 0 Å². The summed E-state index contributed by atoms with van der Waals surface area (Å²) in [4.78, 5) is 0. The van der Waals surface area contributed by atoms with Crippen LogP contribution in [0.5, 0.6) is 0 Å². The van der Waals surface area contributed by atoms with E-state index in [1.807, 2.05) is 13.8 Å². The molecule has 18 heavy (non-hydrogen) atoms. The normalized spacial score (nSPS) is 18.2. The maximum Gasteiger partial charge on any atom is 0.123 e. The van der Waals surface area contributed by atoms with Gasteiger partial charge in [-0.3, -0.25) is 0 Å². The van der Waals surface area contributed by atoms with Crippen LogP contribution in [0.4, 0.5) is 4.39 Å². The third kappa shape index (κ3) is 3.11. The SMILES string of the molecule is Cc1cc(F)cc(C)c1C(O)CCC1CCCC1. The first-order chi connectivity index (χ1) is 8.58. The zero-order valence-electron chi connectivity index (χ0n) is 11.4. The average Bonchev–Trinajstić information content (AvgIpc) is 2.77. The van der Waals surface area contributed by atoms with E-state index in [0.717, 1.165) is 35.4 Å². The van der Waals surface area contributed by atoms with E-state index in [1.165, 1.54) is 37.8 Å². The fourth-order valence-corrected chi connectivity index (χ4v) is 3.28. The van der Waals surface area contributed by atoms with Crippen LogP contribution in [0.15, 0.2) is 12.1 Å². The number of hydrogen-bond acceptors (Lipinski definition) is 1. The second kappa shape index (κ2) is 5.83. The van der Waals surface area contributed by atoms with E-state index in [9.17, 15) is 9.50 Å². The zero-order valence-corrected chi connectivity index (χ0v) is 11.4. The minimum absolute atomic E-state index is 0.211. The van der Waals surface area contributed by atoms with Crippen molar-refractivity contribution < 1.29 is 9.50 Å². The molecule has 1 aromatic rings. The molecule has 1 saturated carbocycles. The minimum atomic E-state index is -0.439. The van der Waals surface area contributed by atoms with E-state index in [-0.39, 0.29) is 5.82 Å². The van der Waals surface area contributed by atoms with Crippen molar-refractivity contribution in [3.63, 3.8) is 0 Å².